The van der Waals surface area contributed by atoms with E-state index in [9.17, 15) is 14.4 Å². The summed E-state index contributed by atoms with van der Waals surface area (Å²) in [6.45, 7) is 0. The van der Waals surface area contributed by atoms with Gasteiger partial charge in [-0.3, -0.25) is 19.7 Å². The van der Waals surface area contributed by atoms with E-state index >= 15 is 0 Å². The molecule has 2 aromatic carbocycles. The molecule has 4 aliphatic carbocycles. The number of halogens is 2. The van der Waals surface area contributed by atoms with E-state index in [2.05, 4.69) is 60.4 Å². The molecule has 5 aliphatic rings. The lowest BCUT2D eigenvalue weighted by Gasteiger charge is -2.46. The van der Waals surface area contributed by atoms with Crippen molar-refractivity contribution in [2.24, 2.45) is 16.6 Å². The fourth-order valence-electron chi connectivity index (χ4n) is 8.21. The number of fused-ring (bicyclic) bond motifs is 4. The molecule has 1 atom stereocenters. The van der Waals surface area contributed by atoms with Gasteiger partial charge in [0.1, 0.15) is 0 Å². The predicted octanol–water partition coefficient (Wildman–Crippen LogP) is 5.48. The van der Waals surface area contributed by atoms with Crippen LogP contribution in [-0.4, -0.2) is 50.6 Å². The summed E-state index contributed by atoms with van der Waals surface area (Å²) in [5.74, 6) is 0.142. The van der Waals surface area contributed by atoms with Gasteiger partial charge < -0.3 is 20.5 Å². The molecule has 0 aromatic heterocycles. The van der Waals surface area contributed by atoms with E-state index < -0.39 is 11.6 Å². The number of hydrogen-bond donors (Lipinski definition) is 3. The van der Waals surface area contributed by atoms with Crippen LogP contribution in [0.1, 0.15) is 78.4 Å². The lowest BCUT2D eigenvalue weighted by molar-refractivity contribution is -0.131. The minimum Gasteiger partial charge on any atom is -0.381 e. The van der Waals surface area contributed by atoms with E-state index in [4.69, 9.17) is 14.3 Å². The van der Waals surface area contributed by atoms with Gasteiger partial charge in [-0.15, -0.1) is 0 Å². The monoisotopic (exact) mass is 731 g/mol. The minimum atomic E-state index is -0.943. The summed E-state index contributed by atoms with van der Waals surface area (Å²) in [6, 6.07) is 11.8. The summed E-state index contributed by atoms with van der Waals surface area (Å²) in [6.07, 6.45) is 10.1. The van der Waals surface area contributed by atoms with E-state index in [1.54, 1.807) is 14.2 Å². The molecule has 236 valence electrons. The van der Waals surface area contributed by atoms with Gasteiger partial charge in [-0.1, -0.05) is 44.0 Å². The fraction of sp³-hybridized carbons (Fsp3) is 0.515. The molecule has 7 rings (SSSR count). The highest BCUT2D eigenvalue weighted by Gasteiger charge is 2.66. The number of ether oxygens (including phenoxy) is 2. The van der Waals surface area contributed by atoms with Crippen molar-refractivity contribution in [1.29, 1.82) is 0 Å². The molecule has 0 bridgehead atoms. The van der Waals surface area contributed by atoms with E-state index in [0.29, 0.717) is 11.9 Å². The third kappa shape index (κ3) is 5.65. The lowest BCUT2D eigenvalue weighted by Crippen LogP contribution is -2.56. The molecule has 9 nitrogen and oxygen atoms in total. The number of ketones is 1. The Morgan fingerprint density at radius 2 is 1.39 bits per heavy atom. The molecule has 2 saturated carbocycles. The quantitative estimate of drug-likeness (QED) is 0.277. The maximum Gasteiger partial charge on any atom is 0.322 e. The van der Waals surface area contributed by atoms with E-state index in [1.165, 1.54) is 5.56 Å². The number of amides is 4. The van der Waals surface area contributed by atoms with Gasteiger partial charge in [-0.25, -0.2) is 4.79 Å². The van der Waals surface area contributed by atoms with Gasteiger partial charge in [0.15, 0.2) is 11.3 Å². The number of Topliss-reactive ketones (excluding diaryl/α,β-unsaturated/α-hetero) is 1. The van der Waals surface area contributed by atoms with Crippen molar-refractivity contribution in [2.75, 3.05) is 14.2 Å². The second kappa shape index (κ2) is 13.0. The van der Waals surface area contributed by atoms with Gasteiger partial charge in [0.2, 0.25) is 6.41 Å². The molecule has 2 aromatic rings. The number of rotatable bonds is 2. The largest absolute Gasteiger partial charge is 0.381 e. The van der Waals surface area contributed by atoms with Crippen molar-refractivity contribution in [3.63, 3.8) is 0 Å². The first-order chi connectivity index (χ1) is 21.1. The van der Waals surface area contributed by atoms with Crippen molar-refractivity contribution in [3.05, 3.63) is 67.6 Å². The zero-order valence-electron chi connectivity index (χ0n) is 25.0. The van der Waals surface area contributed by atoms with Crippen molar-refractivity contribution in [3.8, 4) is 0 Å². The number of nitrogens with two attached hydrogens (primary N) is 1. The standard InChI is InChI=1S/C17H19BrN2O3.C15H17BrO2.CH3NO/c1-23-12-4-6-16(7-5-12)9-10-2-3-11(18)8-13(10)17(16)14(21)19-15(22)20-17;1-18-12-4-6-15(7-5-12)9-10-2-3-11(16)8-13(10)14(15)17;2-1-3/h2-3,8,12H,4-7,9H2,1H3,(H2,19,20,21,22);2-3,8,12H,4-7,9H2,1H3;1H,(H2,2,3). The third-order valence-electron chi connectivity index (χ3n) is 10.4. The van der Waals surface area contributed by atoms with Gasteiger partial charge in [-0.05, 0) is 105 Å². The van der Waals surface area contributed by atoms with E-state index in [1.807, 2.05) is 24.3 Å². The molecule has 1 unspecified atom stereocenters. The Morgan fingerprint density at radius 1 is 0.841 bits per heavy atom. The minimum absolute atomic E-state index is 0.127. The number of imide groups is 1. The smallest absolute Gasteiger partial charge is 0.322 e. The van der Waals surface area contributed by atoms with Crippen LogP contribution in [0.3, 0.4) is 0 Å². The lowest BCUT2D eigenvalue weighted by atomic mass is 9.61. The van der Waals surface area contributed by atoms with E-state index in [-0.39, 0.29) is 29.3 Å². The summed E-state index contributed by atoms with van der Waals surface area (Å²) < 4.78 is 12.8. The number of benzene rings is 2. The van der Waals surface area contributed by atoms with Crippen LogP contribution >= 0.6 is 31.9 Å². The van der Waals surface area contributed by atoms with Crippen LogP contribution in [0.15, 0.2) is 45.3 Å². The highest BCUT2D eigenvalue weighted by Crippen LogP contribution is 2.59. The van der Waals surface area contributed by atoms with Gasteiger partial charge >= 0.3 is 6.03 Å². The first kappa shape index (κ1) is 32.8. The molecular weight excluding hydrogens is 694 g/mol. The molecule has 1 heterocycles. The summed E-state index contributed by atoms with van der Waals surface area (Å²) >= 11 is 6.95. The number of primary amides is 1. The van der Waals surface area contributed by atoms with Crippen LogP contribution in [0, 0.1) is 10.8 Å². The van der Waals surface area contributed by atoms with Crippen molar-refractivity contribution < 1.29 is 28.7 Å². The maximum atomic E-state index is 12.9. The van der Waals surface area contributed by atoms with Crippen LogP contribution in [0.25, 0.3) is 0 Å². The zero-order chi connectivity index (χ0) is 31.7. The Kier molecular flexibility index (Phi) is 9.70. The average Bonchev–Trinajstić information content (AvgIpc) is 3.57. The highest BCUT2D eigenvalue weighted by atomic mass is 79.9. The predicted molar refractivity (Wildman–Crippen MR) is 172 cm³/mol. The van der Waals surface area contributed by atoms with Crippen molar-refractivity contribution in [1.82, 2.24) is 10.6 Å². The average molecular weight is 733 g/mol. The van der Waals surface area contributed by atoms with Crippen LogP contribution in [0.2, 0.25) is 0 Å². The molecule has 0 radical (unpaired) electrons. The van der Waals surface area contributed by atoms with Crippen molar-refractivity contribution in [2.45, 2.75) is 82.0 Å². The van der Waals surface area contributed by atoms with E-state index in [0.717, 1.165) is 89.8 Å². The SMILES string of the molecule is COC1CCC2(CC1)Cc1ccc(Br)cc1C21NC(=O)NC1=O.COC1CCC2(CC1)Cc1ccc(Br)cc1C2=O.NC=O. The first-order valence-electron chi connectivity index (χ1n) is 15.0. The summed E-state index contributed by atoms with van der Waals surface area (Å²) in [5.41, 5.74) is 7.08. The molecule has 3 fully saturated rings. The fourth-order valence-corrected chi connectivity index (χ4v) is 8.93. The number of methoxy groups -OCH3 is 2. The topological polar surface area (TPSA) is 137 Å². The van der Waals surface area contributed by atoms with Gasteiger partial charge in [-0.2, -0.15) is 0 Å². The molecule has 1 saturated heterocycles. The summed E-state index contributed by atoms with van der Waals surface area (Å²) in [5, 5.41) is 5.47. The maximum absolute atomic E-state index is 12.9. The van der Waals surface area contributed by atoms with Gasteiger partial charge in [0.25, 0.3) is 5.91 Å². The molecule has 4 N–H and O–H groups in total. The van der Waals surface area contributed by atoms with Crippen LogP contribution in [0.5, 0.6) is 0 Å². The number of carbonyl (C=O) groups is 4. The number of nitrogens with one attached hydrogen (secondary N) is 2. The van der Waals surface area contributed by atoms with Gasteiger partial charge in [0.05, 0.1) is 12.2 Å². The number of hydrogen-bond acceptors (Lipinski definition) is 6. The molecule has 11 heteroatoms. The normalized spacial score (nSPS) is 31.4. The Bertz CT molecular complexity index is 1450. The molecule has 1 aliphatic heterocycles. The summed E-state index contributed by atoms with van der Waals surface area (Å²) in [7, 11) is 3.51. The Labute approximate surface area is 274 Å². The zero-order valence-corrected chi connectivity index (χ0v) is 28.2. The van der Waals surface area contributed by atoms with Gasteiger partial charge in [0, 0.05) is 39.6 Å². The van der Waals surface area contributed by atoms with Crippen molar-refractivity contribution >= 4 is 56.0 Å². The highest BCUT2D eigenvalue weighted by molar-refractivity contribution is 9.10. The Morgan fingerprint density at radius 3 is 1.93 bits per heavy atom. The first-order valence-corrected chi connectivity index (χ1v) is 16.6. The second-order valence-corrected chi connectivity index (χ2v) is 14.3. The molecule has 3 spiro atoms. The molecule has 4 amide bonds. The second-order valence-electron chi connectivity index (χ2n) is 12.5. The molecular formula is C33H39Br2N3O6. The third-order valence-corrected chi connectivity index (χ3v) is 11.4. The number of carbonyl (C=O) groups excluding carboxylic acids is 4. The summed E-state index contributed by atoms with van der Waals surface area (Å²) in [4.78, 5) is 46.1. The Hall–Kier alpha value is -2.60. The molecule has 44 heavy (non-hydrogen) atoms. The number of urea groups is 1. The van der Waals surface area contributed by atoms with Crippen LogP contribution in [-0.2, 0) is 37.4 Å². The van der Waals surface area contributed by atoms with Crippen LogP contribution in [0.4, 0.5) is 4.79 Å². The van der Waals surface area contributed by atoms with Crippen LogP contribution < -0.4 is 16.4 Å². The Balaban J connectivity index is 0.000000164.